The third-order valence-corrected chi connectivity index (χ3v) is 4.80. The summed E-state index contributed by atoms with van der Waals surface area (Å²) in [7, 11) is 0. The first-order valence-electron chi connectivity index (χ1n) is 9.35. The minimum absolute atomic E-state index is 0.164. The molecule has 0 amide bonds. The van der Waals surface area contributed by atoms with Crippen molar-refractivity contribution in [2.75, 3.05) is 0 Å². The van der Waals surface area contributed by atoms with Crippen LogP contribution in [0.25, 0.3) is 38.9 Å². The Morgan fingerprint density at radius 2 is 1.68 bits per heavy atom. The fraction of sp³-hybridized carbons (Fsp3) is 0.130. The minimum Gasteiger partial charge on any atom is -0.491 e. The Bertz CT molecular complexity index is 1270. The summed E-state index contributed by atoms with van der Waals surface area (Å²) in [5.41, 5.74) is 6.40. The molecule has 0 aliphatic carbocycles. The second kappa shape index (κ2) is 6.53. The van der Waals surface area contributed by atoms with Crippen molar-refractivity contribution in [3.8, 4) is 28.1 Å². The van der Waals surface area contributed by atoms with Gasteiger partial charge in [0.05, 0.1) is 29.7 Å². The Hall–Kier alpha value is -3.60. The van der Waals surface area contributed by atoms with Gasteiger partial charge in [0.2, 0.25) is 0 Å². The summed E-state index contributed by atoms with van der Waals surface area (Å²) in [5, 5.41) is 8.20. The van der Waals surface area contributed by atoms with E-state index in [1.807, 2.05) is 38.4 Å². The highest BCUT2D eigenvalue weighted by Gasteiger charge is 2.09. The van der Waals surface area contributed by atoms with Crippen LogP contribution < -0.4 is 4.74 Å². The number of hydrogen-bond donors (Lipinski definition) is 1. The first-order chi connectivity index (χ1) is 13.7. The molecule has 0 spiro atoms. The zero-order valence-electron chi connectivity index (χ0n) is 15.8. The Balaban J connectivity index is 1.56. The monoisotopic (exact) mass is 368 g/mol. The standard InChI is InChI=1S/C23H20N4O/c1-15(2)28-20-7-3-16(4-8-20)22-13-24-23-10-6-18(14-27(22)23)17-5-9-21-19(11-17)12-25-26-21/h3-15H,1-2H3,(H,25,26). The first kappa shape index (κ1) is 16.6. The lowest BCUT2D eigenvalue weighted by atomic mass is 10.1. The van der Waals surface area contributed by atoms with Crippen molar-refractivity contribution in [3.05, 3.63) is 73.2 Å². The lowest BCUT2D eigenvalue weighted by Crippen LogP contribution is -2.05. The van der Waals surface area contributed by atoms with Gasteiger partial charge in [-0.05, 0) is 73.5 Å². The molecule has 3 aromatic heterocycles. The normalized spacial score (nSPS) is 11.5. The number of H-pyrrole nitrogens is 1. The molecule has 5 heteroatoms. The molecule has 0 aliphatic heterocycles. The fourth-order valence-corrected chi connectivity index (χ4v) is 3.46. The van der Waals surface area contributed by atoms with Crippen LogP contribution >= 0.6 is 0 Å². The second-order valence-electron chi connectivity index (χ2n) is 7.15. The van der Waals surface area contributed by atoms with E-state index in [-0.39, 0.29) is 6.10 Å². The van der Waals surface area contributed by atoms with Crippen molar-refractivity contribution in [1.29, 1.82) is 0 Å². The summed E-state index contributed by atoms with van der Waals surface area (Å²) in [4.78, 5) is 4.56. The summed E-state index contributed by atoms with van der Waals surface area (Å²) in [6.45, 7) is 4.06. The largest absolute Gasteiger partial charge is 0.491 e. The number of rotatable bonds is 4. The van der Waals surface area contributed by atoms with Gasteiger partial charge in [-0.15, -0.1) is 0 Å². The predicted octanol–water partition coefficient (Wildman–Crippen LogP) is 5.33. The molecule has 5 rings (SSSR count). The molecule has 5 aromatic rings. The molecule has 0 radical (unpaired) electrons. The topological polar surface area (TPSA) is 55.2 Å². The van der Waals surface area contributed by atoms with Gasteiger partial charge in [-0.25, -0.2) is 4.98 Å². The van der Waals surface area contributed by atoms with E-state index in [2.05, 4.69) is 68.2 Å². The number of nitrogens with one attached hydrogen (secondary N) is 1. The summed E-state index contributed by atoms with van der Waals surface area (Å²) in [6.07, 6.45) is 6.06. The van der Waals surface area contributed by atoms with Gasteiger partial charge in [0.1, 0.15) is 11.4 Å². The van der Waals surface area contributed by atoms with E-state index in [0.29, 0.717) is 0 Å². The average Bonchev–Trinajstić information content (AvgIpc) is 3.34. The van der Waals surface area contributed by atoms with Gasteiger partial charge < -0.3 is 4.74 Å². The molecule has 1 N–H and O–H groups in total. The van der Waals surface area contributed by atoms with Crippen molar-refractivity contribution >= 4 is 16.6 Å². The number of aromatic amines is 1. The van der Waals surface area contributed by atoms with Crippen LogP contribution in [0.2, 0.25) is 0 Å². The summed E-state index contributed by atoms with van der Waals surface area (Å²) in [6, 6.07) is 18.6. The van der Waals surface area contributed by atoms with Crippen LogP contribution in [-0.2, 0) is 0 Å². The second-order valence-corrected chi connectivity index (χ2v) is 7.15. The van der Waals surface area contributed by atoms with Gasteiger partial charge in [-0.1, -0.05) is 6.07 Å². The SMILES string of the molecule is CC(C)Oc1ccc(-c2cnc3ccc(-c4ccc5[nH]ncc5c4)cn23)cc1. The lowest BCUT2D eigenvalue weighted by molar-refractivity contribution is 0.242. The number of fused-ring (bicyclic) bond motifs is 2. The van der Waals surface area contributed by atoms with E-state index < -0.39 is 0 Å². The lowest BCUT2D eigenvalue weighted by Gasteiger charge is -2.10. The number of benzene rings is 2. The fourth-order valence-electron chi connectivity index (χ4n) is 3.46. The molecule has 0 saturated carbocycles. The highest BCUT2D eigenvalue weighted by atomic mass is 16.5. The maximum Gasteiger partial charge on any atom is 0.137 e. The van der Waals surface area contributed by atoms with E-state index >= 15 is 0 Å². The Labute approximate surface area is 162 Å². The predicted molar refractivity (Wildman–Crippen MR) is 111 cm³/mol. The Kier molecular flexibility index (Phi) is 3.86. The number of nitrogens with zero attached hydrogens (tertiary/aromatic N) is 3. The third kappa shape index (κ3) is 2.91. The average molecular weight is 368 g/mol. The number of hydrogen-bond acceptors (Lipinski definition) is 3. The highest BCUT2D eigenvalue weighted by molar-refractivity contribution is 5.84. The van der Waals surface area contributed by atoms with E-state index in [1.54, 1.807) is 0 Å². The molecule has 0 saturated heterocycles. The number of ether oxygens (including phenoxy) is 1. The van der Waals surface area contributed by atoms with Crippen LogP contribution in [0.15, 0.2) is 73.2 Å². The number of imidazole rings is 1. The quantitative estimate of drug-likeness (QED) is 0.466. The van der Waals surface area contributed by atoms with Crippen molar-refractivity contribution < 1.29 is 4.74 Å². The van der Waals surface area contributed by atoms with Crippen molar-refractivity contribution in [1.82, 2.24) is 19.6 Å². The van der Waals surface area contributed by atoms with Gasteiger partial charge >= 0.3 is 0 Å². The van der Waals surface area contributed by atoms with Gasteiger partial charge in [0.15, 0.2) is 0 Å². The molecule has 5 nitrogen and oxygen atoms in total. The van der Waals surface area contributed by atoms with Crippen LogP contribution in [0.5, 0.6) is 5.75 Å². The molecule has 3 heterocycles. The first-order valence-corrected chi connectivity index (χ1v) is 9.35. The summed E-state index contributed by atoms with van der Waals surface area (Å²) < 4.78 is 7.88. The van der Waals surface area contributed by atoms with Crippen LogP contribution in [-0.4, -0.2) is 25.7 Å². The van der Waals surface area contributed by atoms with E-state index in [9.17, 15) is 0 Å². The Morgan fingerprint density at radius 1 is 0.893 bits per heavy atom. The van der Waals surface area contributed by atoms with Crippen molar-refractivity contribution in [2.24, 2.45) is 0 Å². The van der Waals surface area contributed by atoms with Crippen molar-refractivity contribution in [2.45, 2.75) is 20.0 Å². The highest BCUT2D eigenvalue weighted by Crippen LogP contribution is 2.28. The molecule has 0 aliphatic rings. The molecule has 0 atom stereocenters. The van der Waals surface area contributed by atoms with Gasteiger partial charge in [-0.3, -0.25) is 9.50 Å². The zero-order chi connectivity index (χ0) is 19.1. The summed E-state index contributed by atoms with van der Waals surface area (Å²) >= 11 is 0. The molecule has 138 valence electrons. The van der Waals surface area contributed by atoms with Crippen molar-refractivity contribution in [3.63, 3.8) is 0 Å². The zero-order valence-corrected chi connectivity index (χ0v) is 15.8. The maximum absolute atomic E-state index is 5.75. The van der Waals surface area contributed by atoms with Crippen LogP contribution in [0.3, 0.4) is 0 Å². The van der Waals surface area contributed by atoms with Crippen LogP contribution in [0, 0.1) is 0 Å². The molecule has 0 unspecified atom stereocenters. The third-order valence-electron chi connectivity index (χ3n) is 4.80. The van der Waals surface area contributed by atoms with Gasteiger partial charge in [0, 0.05) is 17.1 Å². The molecule has 28 heavy (non-hydrogen) atoms. The van der Waals surface area contributed by atoms with Crippen LogP contribution in [0.1, 0.15) is 13.8 Å². The molecule has 2 aromatic carbocycles. The smallest absolute Gasteiger partial charge is 0.137 e. The molecular weight excluding hydrogens is 348 g/mol. The Morgan fingerprint density at radius 3 is 2.50 bits per heavy atom. The maximum atomic E-state index is 5.75. The molecular formula is C23H20N4O. The summed E-state index contributed by atoms with van der Waals surface area (Å²) in [5.74, 6) is 0.877. The number of pyridine rings is 1. The minimum atomic E-state index is 0.164. The van der Waals surface area contributed by atoms with Gasteiger partial charge in [0.25, 0.3) is 0 Å². The van der Waals surface area contributed by atoms with Crippen LogP contribution in [0.4, 0.5) is 0 Å². The molecule has 0 bridgehead atoms. The van der Waals surface area contributed by atoms with Gasteiger partial charge in [-0.2, -0.15) is 5.10 Å². The van der Waals surface area contributed by atoms with E-state index in [4.69, 9.17) is 4.74 Å². The van der Waals surface area contributed by atoms with E-state index in [1.165, 1.54) is 0 Å². The molecule has 0 fully saturated rings. The van der Waals surface area contributed by atoms with E-state index in [0.717, 1.165) is 44.7 Å². The number of aromatic nitrogens is 4.